The molecule has 26 heavy (non-hydrogen) atoms. The van der Waals surface area contributed by atoms with E-state index < -0.39 is 19.0 Å². The van der Waals surface area contributed by atoms with E-state index in [-0.39, 0.29) is 12.4 Å². The molecule has 2 atom stereocenters. The van der Waals surface area contributed by atoms with Crippen molar-refractivity contribution in [2.24, 2.45) is 0 Å². The van der Waals surface area contributed by atoms with Gasteiger partial charge in [0.05, 0.1) is 13.7 Å². The van der Waals surface area contributed by atoms with E-state index >= 15 is 0 Å². The fraction of sp³-hybridized carbons (Fsp3) is 0.235. The molecule has 0 aromatic heterocycles. The number of hydroxylamine groups is 1. The molecule has 7 nitrogen and oxygen atoms in total. The molecule has 140 valence electrons. The first-order chi connectivity index (χ1) is 12.4. The van der Waals surface area contributed by atoms with Gasteiger partial charge in [-0.1, -0.05) is 30.3 Å². The predicted molar refractivity (Wildman–Crippen MR) is 97.0 cm³/mol. The first kappa shape index (κ1) is 20.3. The third-order valence-corrected chi connectivity index (χ3v) is 4.41. The largest absolute Gasteiger partial charge is 0.532 e. The summed E-state index contributed by atoms with van der Waals surface area (Å²) in [6.07, 6.45) is 0. The molecule has 0 aliphatic carbocycles. The third kappa shape index (κ3) is 6.69. The Morgan fingerprint density at radius 2 is 1.73 bits per heavy atom. The Morgan fingerprint density at radius 3 is 2.35 bits per heavy atom. The highest BCUT2D eigenvalue weighted by atomic mass is 35.7. The van der Waals surface area contributed by atoms with Crippen LogP contribution in [-0.2, 0) is 25.3 Å². The Morgan fingerprint density at radius 1 is 1.12 bits per heavy atom. The Labute approximate surface area is 156 Å². The smallest absolute Gasteiger partial charge is 0.497 e. The summed E-state index contributed by atoms with van der Waals surface area (Å²) in [4.78, 5) is 17.2. The molecule has 1 unspecified atom stereocenters. The minimum Gasteiger partial charge on any atom is -0.497 e. The number of hydrogen-bond donors (Lipinski definition) is 1. The quantitative estimate of drug-likeness (QED) is 0.502. The molecule has 0 aliphatic heterocycles. The average Bonchev–Trinajstić information content (AvgIpc) is 2.62. The second-order valence-corrected chi connectivity index (χ2v) is 7.69. The number of carbonyl (C=O) groups excluding carboxylic acids is 1. The highest BCUT2D eigenvalue weighted by molar-refractivity contribution is 7.82. The van der Waals surface area contributed by atoms with E-state index in [4.69, 9.17) is 29.9 Å². The molecule has 0 saturated heterocycles. The Hall–Kier alpha value is -2.05. The van der Waals surface area contributed by atoms with Gasteiger partial charge in [0.15, 0.2) is 0 Å². The van der Waals surface area contributed by atoms with Gasteiger partial charge in [0.25, 0.3) is 0 Å². The van der Waals surface area contributed by atoms with Crippen molar-refractivity contribution in [3.05, 3.63) is 60.2 Å². The predicted octanol–water partition coefficient (Wildman–Crippen LogP) is 4.07. The van der Waals surface area contributed by atoms with Gasteiger partial charge in [-0.3, -0.25) is 4.84 Å². The van der Waals surface area contributed by atoms with Crippen molar-refractivity contribution >= 4 is 24.2 Å². The van der Waals surface area contributed by atoms with Crippen LogP contribution >= 0.6 is 18.2 Å². The number of benzene rings is 2. The van der Waals surface area contributed by atoms with Gasteiger partial charge in [-0.05, 0) is 36.8 Å². The zero-order valence-electron chi connectivity index (χ0n) is 14.3. The fourth-order valence-corrected chi connectivity index (χ4v) is 3.07. The van der Waals surface area contributed by atoms with Crippen LogP contribution in [0.2, 0.25) is 0 Å². The van der Waals surface area contributed by atoms with Crippen molar-refractivity contribution in [2.75, 3.05) is 7.11 Å². The number of methoxy groups -OCH3 is 1. The molecule has 2 rings (SSSR count). The Balaban J connectivity index is 1.80. The van der Waals surface area contributed by atoms with Crippen LogP contribution in [0.15, 0.2) is 54.6 Å². The lowest BCUT2D eigenvalue weighted by atomic mass is 10.2. The number of carbonyl (C=O) groups is 1. The minimum atomic E-state index is -4.15. The highest BCUT2D eigenvalue weighted by Crippen LogP contribution is 2.53. The third-order valence-electron chi connectivity index (χ3n) is 3.17. The van der Waals surface area contributed by atoms with Gasteiger partial charge in [-0.2, -0.15) is 5.48 Å². The molecular formula is C17H19ClNO6P. The van der Waals surface area contributed by atoms with Crippen molar-refractivity contribution in [3.63, 3.8) is 0 Å². The second kappa shape index (κ2) is 9.59. The van der Waals surface area contributed by atoms with Crippen LogP contribution in [0.4, 0.5) is 0 Å². The van der Waals surface area contributed by atoms with Crippen LogP contribution in [-0.4, -0.2) is 19.1 Å². The zero-order chi connectivity index (χ0) is 19.0. The van der Waals surface area contributed by atoms with Crippen LogP contribution in [0, 0.1) is 0 Å². The molecule has 0 amide bonds. The van der Waals surface area contributed by atoms with Crippen LogP contribution in [0.1, 0.15) is 12.5 Å². The minimum absolute atomic E-state index is 0.179. The maximum absolute atomic E-state index is 12.1. The van der Waals surface area contributed by atoms with Gasteiger partial charge in [-0.15, -0.1) is 0 Å². The van der Waals surface area contributed by atoms with Crippen LogP contribution in [0.3, 0.4) is 0 Å². The normalized spacial score (nSPS) is 14.1. The summed E-state index contributed by atoms with van der Waals surface area (Å²) in [7, 11) is 1.51. The molecule has 0 spiro atoms. The Kier molecular flexibility index (Phi) is 7.48. The van der Waals surface area contributed by atoms with E-state index in [0.717, 1.165) is 5.56 Å². The summed E-state index contributed by atoms with van der Waals surface area (Å²) in [5.41, 5.74) is 3.43. The van der Waals surface area contributed by atoms with E-state index in [9.17, 15) is 9.36 Å². The Bertz CT molecular complexity index is 756. The summed E-state index contributed by atoms with van der Waals surface area (Å²) in [5.74, 6) is -0.102. The second-order valence-electron chi connectivity index (χ2n) is 5.22. The van der Waals surface area contributed by atoms with Gasteiger partial charge >= 0.3 is 12.9 Å². The standard InChI is InChI=1S/C17H19ClNO6P/c1-13(19-23-12-14-6-4-3-5-7-14)17(20)25-26(18,21)24-16-10-8-15(22-2)9-11-16/h3-11,13,19H,12H2,1-2H3/t13-,26?/m1/s1. The van der Waals surface area contributed by atoms with E-state index in [2.05, 4.69) is 5.48 Å². The van der Waals surface area contributed by atoms with Crippen molar-refractivity contribution in [1.29, 1.82) is 0 Å². The molecule has 0 aliphatic rings. The first-order valence-electron chi connectivity index (χ1n) is 7.67. The van der Waals surface area contributed by atoms with Gasteiger partial charge in [0.2, 0.25) is 0 Å². The van der Waals surface area contributed by atoms with E-state index in [1.807, 2.05) is 30.3 Å². The molecule has 0 radical (unpaired) electrons. The summed E-state index contributed by atoms with van der Waals surface area (Å²) in [5, 5.41) is 0. The first-order valence-corrected chi connectivity index (χ1v) is 10.1. The average molecular weight is 400 g/mol. The van der Waals surface area contributed by atoms with E-state index in [0.29, 0.717) is 5.75 Å². The number of rotatable bonds is 9. The lowest BCUT2D eigenvalue weighted by Crippen LogP contribution is -2.34. The zero-order valence-corrected chi connectivity index (χ0v) is 15.9. The molecule has 0 saturated carbocycles. The number of halogens is 1. The SMILES string of the molecule is COc1ccc(OP(=O)(Cl)OC(=O)[C@@H](C)NOCc2ccccc2)cc1. The lowest BCUT2D eigenvalue weighted by Gasteiger charge is -2.16. The monoisotopic (exact) mass is 399 g/mol. The summed E-state index contributed by atoms with van der Waals surface area (Å²) in [6, 6.07) is 14.7. The van der Waals surface area contributed by atoms with Gasteiger partial charge in [0.1, 0.15) is 17.5 Å². The number of nitrogens with one attached hydrogen (secondary N) is 1. The molecular weight excluding hydrogens is 381 g/mol. The number of hydrogen-bond acceptors (Lipinski definition) is 7. The lowest BCUT2D eigenvalue weighted by molar-refractivity contribution is -0.141. The van der Waals surface area contributed by atoms with Crippen molar-refractivity contribution in [3.8, 4) is 11.5 Å². The van der Waals surface area contributed by atoms with Crippen LogP contribution < -0.4 is 14.7 Å². The maximum atomic E-state index is 12.1. The van der Waals surface area contributed by atoms with Gasteiger partial charge in [0, 0.05) is 11.2 Å². The van der Waals surface area contributed by atoms with Crippen molar-refractivity contribution in [2.45, 2.75) is 19.6 Å². The van der Waals surface area contributed by atoms with E-state index in [1.54, 1.807) is 12.1 Å². The molecule has 1 N–H and O–H groups in total. The molecule has 0 heterocycles. The highest BCUT2D eigenvalue weighted by Gasteiger charge is 2.30. The molecule has 9 heteroatoms. The molecule has 0 fully saturated rings. The molecule has 2 aromatic rings. The van der Waals surface area contributed by atoms with Gasteiger partial charge < -0.3 is 13.8 Å². The van der Waals surface area contributed by atoms with Crippen LogP contribution in [0.5, 0.6) is 11.5 Å². The summed E-state index contributed by atoms with van der Waals surface area (Å²) < 4.78 is 26.9. The van der Waals surface area contributed by atoms with Crippen molar-refractivity contribution in [1.82, 2.24) is 5.48 Å². The number of ether oxygens (including phenoxy) is 1. The fourth-order valence-electron chi connectivity index (χ4n) is 1.84. The topological polar surface area (TPSA) is 83.1 Å². The summed E-state index contributed by atoms with van der Waals surface area (Å²) >= 11 is 5.70. The van der Waals surface area contributed by atoms with E-state index in [1.165, 1.54) is 26.2 Å². The maximum Gasteiger partial charge on any atom is 0.532 e. The molecule has 2 aromatic carbocycles. The van der Waals surface area contributed by atoms with Gasteiger partial charge in [-0.25, -0.2) is 9.36 Å². The van der Waals surface area contributed by atoms with Crippen molar-refractivity contribution < 1.29 is 28.0 Å². The molecule has 0 bridgehead atoms. The van der Waals surface area contributed by atoms with Crippen LogP contribution in [0.25, 0.3) is 0 Å². The summed E-state index contributed by atoms with van der Waals surface area (Å²) in [6.45, 7) is -2.42.